The molecule has 2 nitrogen and oxygen atoms in total. The van der Waals surface area contributed by atoms with Gasteiger partial charge >= 0.3 is 0 Å². The Kier molecular flexibility index (Phi) is 4.36. The topological polar surface area (TPSA) is 24.9 Å². The second kappa shape index (κ2) is 5.78. The molecule has 0 amide bonds. The van der Waals surface area contributed by atoms with Crippen LogP contribution in [0, 0.1) is 5.92 Å². The lowest BCUT2D eigenvalue weighted by molar-refractivity contribution is 0.458. The third-order valence-corrected chi connectivity index (χ3v) is 3.57. The molecule has 1 N–H and O–H groups in total. The molecule has 0 bridgehead atoms. The summed E-state index contributed by atoms with van der Waals surface area (Å²) in [6.07, 6.45) is 8.91. The van der Waals surface area contributed by atoms with Crippen molar-refractivity contribution in [2.45, 2.75) is 38.6 Å². The lowest BCUT2D eigenvalue weighted by Gasteiger charge is -2.15. The Balaban J connectivity index is 1.84. The molecule has 1 fully saturated rings. The standard InChI is InChI=1S/C13H19BrN2/c1-2-10(8-16-13-3-4-13)5-11-6-12(14)9-15-7-11/h6-7,9-10,13,16H,2-5,8H2,1H3. The first-order valence-electron chi connectivity index (χ1n) is 6.10. The van der Waals surface area contributed by atoms with Crippen molar-refractivity contribution in [3.63, 3.8) is 0 Å². The highest BCUT2D eigenvalue weighted by atomic mass is 79.9. The minimum Gasteiger partial charge on any atom is -0.314 e. The van der Waals surface area contributed by atoms with Crippen LogP contribution in [-0.4, -0.2) is 17.6 Å². The second-order valence-corrected chi connectivity index (χ2v) is 5.59. The largest absolute Gasteiger partial charge is 0.314 e. The molecule has 0 aliphatic heterocycles. The average molecular weight is 283 g/mol. The molecule has 0 saturated heterocycles. The summed E-state index contributed by atoms with van der Waals surface area (Å²) in [4.78, 5) is 4.21. The van der Waals surface area contributed by atoms with Crippen LogP contribution in [0.5, 0.6) is 0 Å². The first-order chi connectivity index (χ1) is 7.78. The maximum atomic E-state index is 4.21. The van der Waals surface area contributed by atoms with E-state index in [1.54, 1.807) is 0 Å². The van der Waals surface area contributed by atoms with Crippen LogP contribution >= 0.6 is 15.9 Å². The minimum absolute atomic E-state index is 0.733. The first kappa shape index (κ1) is 12.1. The third kappa shape index (κ3) is 3.87. The van der Waals surface area contributed by atoms with Crippen molar-refractivity contribution in [2.75, 3.05) is 6.54 Å². The number of nitrogens with zero attached hydrogens (tertiary/aromatic N) is 1. The van der Waals surface area contributed by atoms with Crippen molar-refractivity contribution in [3.8, 4) is 0 Å². The van der Waals surface area contributed by atoms with Gasteiger partial charge in [-0.25, -0.2) is 0 Å². The van der Waals surface area contributed by atoms with E-state index in [4.69, 9.17) is 0 Å². The summed E-state index contributed by atoms with van der Waals surface area (Å²) >= 11 is 3.47. The summed E-state index contributed by atoms with van der Waals surface area (Å²) in [5, 5.41) is 3.61. The summed E-state index contributed by atoms with van der Waals surface area (Å²) < 4.78 is 1.08. The number of aromatic nitrogens is 1. The smallest absolute Gasteiger partial charge is 0.0410 e. The maximum absolute atomic E-state index is 4.21. The van der Waals surface area contributed by atoms with E-state index in [9.17, 15) is 0 Å². The fourth-order valence-corrected chi connectivity index (χ4v) is 2.29. The van der Waals surface area contributed by atoms with E-state index in [0.717, 1.165) is 29.4 Å². The highest BCUT2D eigenvalue weighted by Gasteiger charge is 2.21. The lowest BCUT2D eigenvalue weighted by Crippen LogP contribution is -2.25. The van der Waals surface area contributed by atoms with Gasteiger partial charge in [-0.3, -0.25) is 4.98 Å². The summed E-state index contributed by atoms with van der Waals surface area (Å²) in [6, 6.07) is 2.99. The van der Waals surface area contributed by atoms with E-state index in [-0.39, 0.29) is 0 Å². The molecular formula is C13H19BrN2. The van der Waals surface area contributed by atoms with Crippen molar-refractivity contribution in [1.29, 1.82) is 0 Å². The van der Waals surface area contributed by atoms with Crippen LogP contribution in [0.1, 0.15) is 31.7 Å². The van der Waals surface area contributed by atoms with Crippen LogP contribution in [0.15, 0.2) is 22.9 Å². The van der Waals surface area contributed by atoms with Crippen LogP contribution in [0.3, 0.4) is 0 Å². The Hall–Kier alpha value is -0.410. The fourth-order valence-electron chi connectivity index (χ4n) is 1.88. The van der Waals surface area contributed by atoms with Gasteiger partial charge in [-0.05, 0) is 59.3 Å². The zero-order valence-corrected chi connectivity index (χ0v) is 11.3. The van der Waals surface area contributed by atoms with Crippen molar-refractivity contribution >= 4 is 15.9 Å². The van der Waals surface area contributed by atoms with Gasteiger partial charge in [0.05, 0.1) is 0 Å². The molecule has 0 aromatic carbocycles. The van der Waals surface area contributed by atoms with Gasteiger partial charge in [0.1, 0.15) is 0 Å². The van der Waals surface area contributed by atoms with Gasteiger partial charge < -0.3 is 5.32 Å². The molecule has 1 aliphatic carbocycles. The Morgan fingerprint density at radius 2 is 2.31 bits per heavy atom. The van der Waals surface area contributed by atoms with E-state index in [1.807, 2.05) is 12.4 Å². The molecule has 1 unspecified atom stereocenters. The normalized spacial score (nSPS) is 17.4. The maximum Gasteiger partial charge on any atom is 0.0410 e. The van der Waals surface area contributed by atoms with Gasteiger partial charge in [-0.15, -0.1) is 0 Å². The third-order valence-electron chi connectivity index (χ3n) is 3.14. The summed E-state index contributed by atoms with van der Waals surface area (Å²) in [7, 11) is 0. The molecule has 1 atom stereocenters. The van der Waals surface area contributed by atoms with Gasteiger partial charge in [0.15, 0.2) is 0 Å². The van der Waals surface area contributed by atoms with Crippen molar-refractivity contribution in [3.05, 3.63) is 28.5 Å². The quantitative estimate of drug-likeness (QED) is 0.867. The predicted molar refractivity (Wildman–Crippen MR) is 70.4 cm³/mol. The van der Waals surface area contributed by atoms with E-state index in [0.29, 0.717) is 0 Å². The number of rotatable bonds is 6. The lowest BCUT2D eigenvalue weighted by atomic mass is 9.98. The van der Waals surface area contributed by atoms with Gasteiger partial charge in [-0.2, -0.15) is 0 Å². The molecule has 0 radical (unpaired) electrons. The monoisotopic (exact) mass is 282 g/mol. The molecule has 1 saturated carbocycles. The van der Waals surface area contributed by atoms with Gasteiger partial charge in [0, 0.05) is 22.9 Å². The van der Waals surface area contributed by atoms with Crippen LogP contribution in [0.4, 0.5) is 0 Å². The molecule has 1 aliphatic rings. The summed E-state index contributed by atoms with van der Waals surface area (Å²) in [5.41, 5.74) is 1.33. The molecule has 1 aromatic heterocycles. The number of hydrogen-bond acceptors (Lipinski definition) is 2. The minimum atomic E-state index is 0.733. The van der Waals surface area contributed by atoms with E-state index < -0.39 is 0 Å². The van der Waals surface area contributed by atoms with Crippen LogP contribution < -0.4 is 5.32 Å². The van der Waals surface area contributed by atoms with Crippen molar-refractivity contribution < 1.29 is 0 Å². The number of nitrogens with one attached hydrogen (secondary N) is 1. The highest BCUT2D eigenvalue weighted by molar-refractivity contribution is 9.10. The number of pyridine rings is 1. The molecule has 3 heteroatoms. The highest BCUT2D eigenvalue weighted by Crippen LogP contribution is 2.20. The molecule has 1 heterocycles. The number of halogens is 1. The average Bonchev–Trinajstić information content (AvgIpc) is 3.08. The van der Waals surface area contributed by atoms with Crippen LogP contribution in [-0.2, 0) is 6.42 Å². The second-order valence-electron chi connectivity index (χ2n) is 4.67. The summed E-state index contributed by atoms with van der Waals surface area (Å²) in [6.45, 7) is 3.42. The van der Waals surface area contributed by atoms with Crippen molar-refractivity contribution in [2.24, 2.45) is 5.92 Å². The Morgan fingerprint density at radius 3 is 2.94 bits per heavy atom. The summed E-state index contributed by atoms with van der Waals surface area (Å²) in [5.74, 6) is 0.733. The van der Waals surface area contributed by atoms with E-state index in [1.165, 1.54) is 24.8 Å². The van der Waals surface area contributed by atoms with E-state index in [2.05, 4.69) is 39.2 Å². The van der Waals surface area contributed by atoms with Gasteiger partial charge in [0.25, 0.3) is 0 Å². The Bertz CT molecular complexity index is 336. The zero-order chi connectivity index (χ0) is 11.4. The Morgan fingerprint density at radius 1 is 1.50 bits per heavy atom. The molecule has 16 heavy (non-hydrogen) atoms. The molecule has 2 rings (SSSR count). The molecule has 0 spiro atoms. The van der Waals surface area contributed by atoms with Crippen molar-refractivity contribution in [1.82, 2.24) is 10.3 Å². The van der Waals surface area contributed by atoms with E-state index >= 15 is 0 Å². The first-order valence-corrected chi connectivity index (χ1v) is 6.90. The van der Waals surface area contributed by atoms with Gasteiger partial charge in [-0.1, -0.05) is 13.3 Å². The van der Waals surface area contributed by atoms with Gasteiger partial charge in [0.2, 0.25) is 0 Å². The fraction of sp³-hybridized carbons (Fsp3) is 0.615. The Labute approximate surface area is 106 Å². The van der Waals surface area contributed by atoms with Crippen LogP contribution in [0.25, 0.3) is 0 Å². The SMILES string of the molecule is CCC(CNC1CC1)Cc1cncc(Br)c1. The van der Waals surface area contributed by atoms with Crippen LogP contribution in [0.2, 0.25) is 0 Å². The zero-order valence-electron chi connectivity index (χ0n) is 9.75. The molecular weight excluding hydrogens is 264 g/mol. The molecule has 88 valence electrons. The molecule has 1 aromatic rings. The predicted octanol–water partition coefficient (Wildman–Crippen LogP) is 3.16. The number of hydrogen-bond donors (Lipinski definition) is 1.